The van der Waals surface area contributed by atoms with Crippen molar-refractivity contribution < 1.29 is 9.90 Å². The van der Waals surface area contributed by atoms with Crippen molar-refractivity contribution in [2.75, 3.05) is 13.2 Å². The second kappa shape index (κ2) is 7.63. The van der Waals surface area contributed by atoms with Gasteiger partial charge >= 0.3 is 0 Å². The van der Waals surface area contributed by atoms with Crippen LogP contribution < -0.4 is 5.73 Å². The molecule has 4 nitrogen and oxygen atoms in total. The number of rotatable bonds is 7. The van der Waals surface area contributed by atoms with E-state index in [4.69, 9.17) is 10.8 Å². The predicted molar refractivity (Wildman–Crippen MR) is 66.0 cm³/mol. The molecule has 0 radical (unpaired) electrons. The number of nitrogens with two attached hydrogens (primary N) is 1. The molecule has 0 spiro atoms. The van der Waals surface area contributed by atoms with Gasteiger partial charge in [0.1, 0.15) is 0 Å². The van der Waals surface area contributed by atoms with E-state index in [-0.39, 0.29) is 24.5 Å². The summed E-state index contributed by atoms with van der Waals surface area (Å²) in [5, 5.41) is 9.01. The number of nitrogens with zero attached hydrogens (tertiary/aromatic N) is 1. The van der Waals surface area contributed by atoms with E-state index in [0.29, 0.717) is 6.54 Å². The summed E-state index contributed by atoms with van der Waals surface area (Å²) in [4.78, 5) is 13.9. The molecule has 1 atom stereocenters. The molecule has 0 heterocycles. The minimum Gasteiger partial charge on any atom is -0.395 e. The molecule has 0 rings (SSSR count). The van der Waals surface area contributed by atoms with E-state index in [2.05, 4.69) is 0 Å². The Morgan fingerprint density at radius 2 is 1.81 bits per heavy atom. The lowest BCUT2D eigenvalue weighted by molar-refractivity contribution is -0.136. The van der Waals surface area contributed by atoms with Gasteiger partial charge in [-0.2, -0.15) is 0 Å². The highest BCUT2D eigenvalue weighted by Gasteiger charge is 2.27. The summed E-state index contributed by atoms with van der Waals surface area (Å²) in [5.74, 6) is 0.0841. The highest BCUT2D eigenvalue weighted by atomic mass is 16.3. The van der Waals surface area contributed by atoms with Crippen LogP contribution in [-0.2, 0) is 4.79 Å². The smallest absolute Gasteiger partial charge is 0.240 e. The zero-order valence-corrected chi connectivity index (χ0v) is 10.9. The van der Waals surface area contributed by atoms with Crippen molar-refractivity contribution in [2.45, 2.75) is 52.6 Å². The van der Waals surface area contributed by atoms with Crippen molar-refractivity contribution in [1.29, 1.82) is 0 Å². The van der Waals surface area contributed by atoms with Gasteiger partial charge in [-0.3, -0.25) is 4.79 Å². The molecule has 0 fully saturated rings. The minimum atomic E-state index is -0.466. The Labute approximate surface area is 98.8 Å². The van der Waals surface area contributed by atoms with E-state index >= 15 is 0 Å². The highest BCUT2D eigenvalue weighted by Crippen LogP contribution is 2.12. The third-order valence-electron chi connectivity index (χ3n) is 3.01. The van der Waals surface area contributed by atoms with Crippen LogP contribution in [0.15, 0.2) is 0 Å². The molecule has 0 aromatic carbocycles. The Morgan fingerprint density at radius 1 is 1.31 bits per heavy atom. The molecular formula is C12H26N2O2. The van der Waals surface area contributed by atoms with Gasteiger partial charge in [0.15, 0.2) is 0 Å². The van der Waals surface area contributed by atoms with E-state index in [1.54, 1.807) is 4.90 Å². The van der Waals surface area contributed by atoms with E-state index in [1.807, 2.05) is 27.7 Å². The summed E-state index contributed by atoms with van der Waals surface area (Å²) in [6, 6.07) is -0.281. The Morgan fingerprint density at radius 3 is 2.12 bits per heavy atom. The van der Waals surface area contributed by atoms with Crippen molar-refractivity contribution in [1.82, 2.24) is 4.90 Å². The maximum absolute atomic E-state index is 12.1. The lowest BCUT2D eigenvalue weighted by Crippen LogP contribution is -2.51. The second-order valence-corrected chi connectivity index (χ2v) is 4.50. The average Bonchev–Trinajstić information content (AvgIpc) is 2.27. The van der Waals surface area contributed by atoms with Crippen molar-refractivity contribution in [3.05, 3.63) is 0 Å². The van der Waals surface area contributed by atoms with Crippen LogP contribution in [0, 0.1) is 5.92 Å². The first-order valence-electron chi connectivity index (χ1n) is 6.16. The summed E-state index contributed by atoms with van der Waals surface area (Å²) in [5.41, 5.74) is 5.87. The van der Waals surface area contributed by atoms with Gasteiger partial charge in [0.2, 0.25) is 5.91 Å². The number of carbonyl (C=O) groups is 1. The van der Waals surface area contributed by atoms with E-state index < -0.39 is 6.04 Å². The molecule has 0 unspecified atom stereocenters. The maximum Gasteiger partial charge on any atom is 0.240 e. The largest absolute Gasteiger partial charge is 0.395 e. The van der Waals surface area contributed by atoms with Crippen molar-refractivity contribution in [2.24, 2.45) is 11.7 Å². The average molecular weight is 230 g/mol. The zero-order valence-electron chi connectivity index (χ0n) is 10.9. The first-order valence-corrected chi connectivity index (χ1v) is 6.16. The molecule has 0 aliphatic carbocycles. The summed E-state index contributed by atoms with van der Waals surface area (Å²) < 4.78 is 0. The normalized spacial score (nSPS) is 13.2. The van der Waals surface area contributed by atoms with Gasteiger partial charge in [-0.1, -0.05) is 27.7 Å². The van der Waals surface area contributed by atoms with Crippen molar-refractivity contribution in [3.63, 3.8) is 0 Å². The number of aliphatic hydroxyl groups is 1. The van der Waals surface area contributed by atoms with E-state index in [0.717, 1.165) is 12.8 Å². The number of carbonyl (C=O) groups excluding carboxylic acids is 1. The Kier molecular flexibility index (Phi) is 7.34. The van der Waals surface area contributed by atoms with Gasteiger partial charge in [0, 0.05) is 12.6 Å². The van der Waals surface area contributed by atoms with E-state index in [9.17, 15) is 4.79 Å². The molecular weight excluding hydrogens is 204 g/mol. The van der Waals surface area contributed by atoms with E-state index in [1.165, 1.54) is 0 Å². The zero-order chi connectivity index (χ0) is 12.7. The first-order chi connectivity index (χ1) is 7.49. The third kappa shape index (κ3) is 4.10. The van der Waals surface area contributed by atoms with Gasteiger partial charge in [-0.25, -0.2) is 0 Å². The third-order valence-corrected chi connectivity index (χ3v) is 3.01. The monoisotopic (exact) mass is 230 g/mol. The molecule has 0 aromatic rings. The quantitative estimate of drug-likeness (QED) is 0.685. The lowest BCUT2D eigenvalue weighted by Gasteiger charge is -2.33. The van der Waals surface area contributed by atoms with Crippen LogP contribution in [0.3, 0.4) is 0 Å². The first kappa shape index (κ1) is 15.4. The molecule has 0 bridgehead atoms. The molecule has 96 valence electrons. The topological polar surface area (TPSA) is 66.6 Å². The maximum atomic E-state index is 12.1. The van der Waals surface area contributed by atoms with Gasteiger partial charge in [0.05, 0.1) is 12.6 Å². The van der Waals surface area contributed by atoms with Crippen LogP contribution in [0.25, 0.3) is 0 Å². The fourth-order valence-electron chi connectivity index (χ4n) is 1.79. The Balaban J connectivity index is 4.69. The molecule has 0 saturated heterocycles. The number of amides is 1. The molecule has 0 aromatic heterocycles. The Bertz CT molecular complexity index is 203. The molecule has 1 amide bonds. The molecule has 0 aliphatic heterocycles. The summed E-state index contributed by atoms with van der Waals surface area (Å²) in [6.45, 7) is 8.34. The van der Waals surface area contributed by atoms with Crippen molar-refractivity contribution in [3.8, 4) is 0 Å². The summed E-state index contributed by atoms with van der Waals surface area (Å²) >= 11 is 0. The summed E-state index contributed by atoms with van der Waals surface area (Å²) in [6.07, 6.45) is 1.79. The SMILES string of the molecule is CCC(CC)N(CCO)C(=O)[C@H](N)C(C)C. The Hall–Kier alpha value is -0.610. The lowest BCUT2D eigenvalue weighted by atomic mass is 10.0. The molecule has 4 heteroatoms. The molecule has 0 aliphatic rings. The number of hydrogen-bond donors (Lipinski definition) is 2. The summed E-state index contributed by atoms with van der Waals surface area (Å²) in [7, 11) is 0. The minimum absolute atomic E-state index is 0.00689. The fraction of sp³-hybridized carbons (Fsp3) is 0.917. The highest BCUT2D eigenvalue weighted by molar-refractivity contribution is 5.82. The number of hydrogen-bond acceptors (Lipinski definition) is 3. The molecule has 0 saturated carbocycles. The van der Waals surface area contributed by atoms with Gasteiger partial charge in [-0.15, -0.1) is 0 Å². The second-order valence-electron chi connectivity index (χ2n) is 4.50. The van der Waals surface area contributed by atoms with Gasteiger partial charge < -0.3 is 15.7 Å². The van der Waals surface area contributed by atoms with Gasteiger partial charge in [0.25, 0.3) is 0 Å². The van der Waals surface area contributed by atoms with Crippen LogP contribution >= 0.6 is 0 Å². The van der Waals surface area contributed by atoms with Crippen LogP contribution in [0.1, 0.15) is 40.5 Å². The molecule has 16 heavy (non-hydrogen) atoms. The van der Waals surface area contributed by atoms with Crippen LogP contribution in [0.5, 0.6) is 0 Å². The van der Waals surface area contributed by atoms with Crippen LogP contribution in [0.4, 0.5) is 0 Å². The fourth-order valence-corrected chi connectivity index (χ4v) is 1.79. The molecule has 3 N–H and O–H groups in total. The van der Waals surface area contributed by atoms with Crippen LogP contribution in [-0.4, -0.2) is 41.1 Å². The standard InChI is InChI=1S/C12H26N2O2/c1-5-10(6-2)14(7-8-15)12(16)11(13)9(3)4/h9-11,15H,5-8,13H2,1-4H3/t11-/m1/s1. The van der Waals surface area contributed by atoms with Crippen LogP contribution in [0.2, 0.25) is 0 Å². The predicted octanol–water partition coefficient (Wildman–Crippen LogP) is 0.979. The number of aliphatic hydroxyl groups excluding tert-OH is 1. The van der Waals surface area contributed by atoms with Crippen molar-refractivity contribution >= 4 is 5.91 Å². The van der Waals surface area contributed by atoms with Gasteiger partial charge in [-0.05, 0) is 18.8 Å².